The van der Waals surface area contributed by atoms with E-state index in [-0.39, 0.29) is 18.3 Å². The number of aliphatic hydroxyl groups is 1. The molecule has 0 bridgehead atoms. The van der Waals surface area contributed by atoms with Crippen LogP contribution in [0.5, 0.6) is 5.75 Å². The molecule has 3 aromatic rings. The highest BCUT2D eigenvalue weighted by molar-refractivity contribution is 5.32. The summed E-state index contributed by atoms with van der Waals surface area (Å²) in [6.07, 6.45) is 2.04. The molecule has 0 aliphatic carbocycles. The highest BCUT2D eigenvalue weighted by atomic mass is 19.1. The van der Waals surface area contributed by atoms with E-state index in [4.69, 9.17) is 9.84 Å². The van der Waals surface area contributed by atoms with E-state index in [1.807, 2.05) is 24.3 Å². The van der Waals surface area contributed by atoms with E-state index in [0.717, 1.165) is 22.9 Å². The lowest BCUT2D eigenvalue weighted by Crippen LogP contribution is -2.09. The number of hydrogen-bond acceptors (Lipinski definition) is 2. The molecule has 0 aliphatic heterocycles. The second-order valence-corrected chi connectivity index (χ2v) is 7.78. The standard InChI is InChI=1S/C26H28F2O2/c1-18-5-6-21(14-19(18)2)15-22(25-16-23(27)9-12-26(25)28)4-3-13-30-24-10-7-20(17-29)8-11-24/h5-12,14,16,22,29H,3-4,13,15,17H2,1-2H3/t22-/m0/s1. The van der Waals surface area contributed by atoms with E-state index in [2.05, 4.69) is 32.0 Å². The molecule has 1 atom stereocenters. The van der Waals surface area contributed by atoms with E-state index in [1.165, 1.54) is 23.3 Å². The van der Waals surface area contributed by atoms with Gasteiger partial charge in [-0.1, -0.05) is 30.3 Å². The van der Waals surface area contributed by atoms with Gasteiger partial charge in [0, 0.05) is 0 Å². The molecule has 0 saturated heterocycles. The predicted molar refractivity (Wildman–Crippen MR) is 116 cm³/mol. The fourth-order valence-corrected chi connectivity index (χ4v) is 3.62. The molecule has 2 nitrogen and oxygen atoms in total. The maximum atomic E-state index is 14.5. The topological polar surface area (TPSA) is 29.5 Å². The maximum Gasteiger partial charge on any atom is 0.126 e. The van der Waals surface area contributed by atoms with Crippen molar-refractivity contribution in [1.29, 1.82) is 0 Å². The second kappa shape index (κ2) is 10.4. The van der Waals surface area contributed by atoms with Crippen LogP contribution < -0.4 is 4.74 Å². The number of aliphatic hydroxyl groups excluding tert-OH is 1. The van der Waals surface area contributed by atoms with Crippen LogP contribution in [-0.2, 0) is 13.0 Å². The molecule has 0 aliphatic rings. The zero-order valence-electron chi connectivity index (χ0n) is 17.5. The van der Waals surface area contributed by atoms with Crippen LogP contribution in [0.4, 0.5) is 8.78 Å². The number of benzene rings is 3. The summed E-state index contributed by atoms with van der Waals surface area (Å²) in [5, 5.41) is 9.11. The molecule has 0 spiro atoms. The van der Waals surface area contributed by atoms with Crippen molar-refractivity contribution in [2.24, 2.45) is 0 Å². The van der Waals surface area contributed by atoms with Gasteiger partial charge in [-0.15, -0.1) is 0 Å². The molecule has 0 aromatic heterocycles. The summed E-state index contributed by atoms with van der Waals surface area (Å²) < 4.78 is 34.1. The van der Waals surface area contributed by atoms with Crippen LogP contribution in [0, 0.1) is 25.5 Å². The third kappa shape index (κ3) is 5.90. The molecule has 0 saturated carbocycles. The van der Waals surface area contributed by atoms with Crippen LogP contribution in [0.25, 0.3) is 0 Å². The quantitative estimate of drug-likeness (QED) is 0.422. The highest BCUT2D eigenvalue weighted by Crippen LogP contribution is 2.29. The van der Waals surface area contributed by atoms with Gasteiger partial charge in [-0.05, 0) is 97.2 Å². The Morgan fingerprint density at radius 1 is 0.867 bits per heavy atom. The molecular weight excluding hydrogens is 382 g/mol. The van der Waals surface area contributed by atoms with E-state index in [0.29, 0.717) is 31.4 Å². The summed E-state index contributed by atoms with van der Waals surface area (Å²) in [6, 6.07) is 17.2. The number of hydrogen-bond donors (Lipinski definition) is 1. The monoisotopic (exact) mass is 410 g/mol. The van der Waals surface area contributed by atoms with Crippen molar-refractivity contribution in [2.75, 3.05) is 6.61 Å². The van der Waals surface area contributed by atoms with E-state index >= 15 is 0 Å². The lowest BCUT2D eigenvalue weighted by Gasteiger charge is -2.19. The van der Waals surface area contributed by atoms with Crippen molar-refractivity contribution < 1.29 is 18.6 Å². The molecule has 3 rings (SSSR count). The molecule has 0 unspecified atom stereocenters. The van der Waals surface area contributed by atoms with Crippen LogP contribution in [-0.4, -0.2) is 11.7 Å². The van der Waals surface area contributed by atoms with Gasteiger partial charge < -0.3 is 9.84 Å². The Hall–Kier alpha value is -2.72. The average molecular weight is 411 g/mol. The first-order chi connectivity index (χ1) is 14.5. The predicted octanol–water partition coefficient (Wildman–Crippen LogP) is 6.26. The molecule has 3 aromatic carbocycles. The first-order valence-electron chi connectivity index (χ1n) is 10.3. The van der Waals surface area contributed by atoms with E-state index in [9.17, 15) is 8.78 Å². The van der Waals surface area contributed by atoms with Gasteiger partial charge in [0.05, 0.1) is 13.2 Å². The van der Waals surface area contributed by atoms with E-state index < -0.39 is 5.82 Å². The molecule has 30 heavy (non-hydrogen) atoms. The third-order valence-electron chi connectivity index (χ3n) is 5.52. The van der Waals surface area contributed by atoms with Crippen LogP contribution in [0.1, 0.15) is 46.6 Å². The Morgan fingerprint density at radius 3 is 2.30 bits per heavy atom. The Balaban J connectivity index is 1.68. The Bertz CT molecular complexity index is 967. The highest BCUT2D eigenvalue weighted by Gasteiger charge is 2.18. The largest absolute Gasteiger partial charge is 0.494 e. The van der Waals surface area contributed by atoms with Crippen molar-refractivity contribution in [3.63, 3.8) is 0 Å². The van der Waals surface area contributed by atoms with Crippen molar-refractivity contribution in [2.45, 2.75) is 45.6 Å². The smallest absolute Gasteiger partial charge is 0.126 e. The van der Waals surface area contributed by atoms with Gasteiger partial charge in [0.2, 0.25) is 0 Å². The first kappa shape index (κ1) is 22.0. The summed E-state index contributed by atoms with van der Waals surface area (Å²) in [6.45, 7) is 4.61. The summed E-state index contributed by atoms with van der Waals surface area (Å²) >= 11 is 0. The number of aryl methyl sites for hydroxylation is 2. The summed E-state index contributed by atoms with van der Waals surface area (Å²) in [5.41, 5.74) is 4.78. The summed E-state index contributed by atoms with van der Waals surface area (Å²) in [7, 11) is 0. The Kier molecular flexibility index (Phi) is 7.58. The van der Waals surface area contributed by atoms with Gasteiger partial charge in [-0.25, -0.2) is 8.78 Å². The molecule has 4 heteroatoms. The molecule has 158 valence electrons. The Morgan fingerprint density at radius 2 is 1.60 bits per heavy atom. The third-order valence-corrected chi connectivity index (χ3v) is 5.52. The van der Waals surface area contributed by atoms with Crippen molar-refractivity contribution in [3.05, 3.63) is 100 Å². The SMILES string of the molecule is Cc1ccc(C[C@H](CCCOc2ccc(CO)cc2)c2cc(F)ccc2F)cc1C. The molecule has 0 fully saturated rings. The first-order valence-corrected chi connectivity index (χ1v) is 10.3. The van der Waals surface area contributed by atoms with Crippen molar-refractivity contribution >= 4 is 0 Å². The van der Waals surface area contributed by atoms with Gasteiger partial charge >= 0.3 is 0 Å². The molecule has 1 N–H and O–H groups in total. The van der Waals surface area contributed by atoms with E-state index in [1.54, 1.807) is 0 Å². The summed E-state index contributed by atoms with van der Waals surface area (Å²) in [5.74, 6) is -0.194. The van der Waals surface area contributed by atoms with Crippen LogP contribution in [0.3, 0.4) is 0 Å². The second-order valence-electron chi connectivity index (χ2n) is 7.78. The van der Waals surface area contributed by atoms with Gasteiger partial charge in [0.15, 0.2) is 0 Å². The fourth-order valence-electron chi connectivity index (χ4n) is 3.62. The normalized spacial score (nSPS) is 12.0. The molecule has 0 amide bonds. The summed E-state index contributed by atoms with van der Waals surface area (Å²) in [4.78, 5) is 0. The van der Waals surface area contributed by atoms with Gasteiger partial charge in [-0.2, -0.15) is 0 Å². The molecular formula is C26H28F2O2. The lowest BCUT2D eigenvalue weighted by atomic mass is 9.87. The van der Waals surface area contributed by atoms with Crippen LogP contribution in [0.15, 0.2) is 60.7 Å². The number of rotatable bonds is 9. The lowest BCUT2D eigenvalue weighted by molar-refractivity contribution is 0.280. The van der Waals surface area contributed by atoms with Gasteiger partial charge in [-0.3, -0.25) is 0 Å². The fraction of sp³-hybridized carbons (Fsp3) is 0.308. The van der Waals surface area contributed by atoms with Crippen LogP contribution >= 0.6 is 0 Å². The van der Waals surface area contributed by atoms with Crippen molar-refractivity contribution in [1.82, 2.24) is 0 Å². The average Bonchev–Trinajstić information content (AvgIpc) is 2.75. The number of halogens is 2. The maximum absolute atomic E-state index is 14.5. The van der Waals surface area contributed by atoms with Crippen LogP contribution in [0.2, 0.25) is 0 Å². The minimum absolute atomic E-state index is 0.000353. The van der Waals surface area contributed by atoms with Gasteiger partial charge in [0.1, 0.15) is 17.4 Å². The minimum atomic E-state index is -0.420. The van der Waals surface area contributed by atoms with Crippen molar-refractivity contribution in [3.8, 4) is 5.75 Å². The zero-order valence-corrected chi connectivity index (χ0v) is 17.5. The molecule has 0 radical (unpaired) electrons. The van der Waals surface area contributed by atoms with Gasteiger partial charge in [0.25, 0.3) is 0 Å². The minimum Gasteiger partial charge on any atom is -0.494 e. The zero-order chi connectivity index (χ0) is 21.5. The number of ether oxygens (including phenoxy) is 1. The Labute approximate surface area is 177 Å². The molecule has 0 heterocycles.